The van der Waals surface area contributed by atoms with Gasteiger partial charge in [0.05, 0.1) is 6.54 Å². The molecule has 0 amide bonds. The molecule has 2 heterocycles. The van der Waals surface area contributed by atoms with Gasteiger partial charge in [0.2, 0.25) is 0 Å². The van der Waals surface area contributed by atoms with Crippen LogP contribution >= 0.6 is 11.3 Å². The lowest BCUT2D eigenvalue weighted by molar-refractivity contribution is 0.645. The summed E-state index contributed by atoms with van der Waals surface area (Å²) in [6.45, 7) is 2.90. The predicted molar refractivity (Wildman–Crippen MR) is 78.2 cm³/mol. The van der Waals surface area contributed by atoms with Gasteiger partial charge in [-0.1, -0.05) is 24.3 Å². The van der Waals surface area contributed by atoms with Gasteiger partial charge in [-0.05, 0) is 36.0 Å². The average Bonchev–Trinajstić information content (AvgIpc) is 3.00. The normalized spacial score (nSPS) is 18.1. The summed E-state index contributed by atoms with van der Waals surface area (Å²) in [5, 5.41) is 2.15. The maximum Gasteiger partial charge on any atom is 0.0523 e. The molecule has 1 aliphatic rings. The third-order valence-corrected chi connectivity index (χ3v) is 4.46. The van der Waals surface area contributed by atoms with E-state index in [0.717, 1.165) is 26.1 Å². The standard InChI is InChI=1S/C15H18N2S/c16-8-7-12-10-17(11-13-4-3-9-18-13)15-6-2-1-5-14(12)15/h1-6,9,12H,7-8,10-11,16H2. The van der Waals surface area contributed by atoms with Gasteiger partial charge in [-0.25, -0.2) is 0 Å². The third-order valence-electron chi connectivity index (χ3n) is 3.60. The monoisotopic (exact) mass is 258 g/mol. The highest BCUT2D eigenvalue weighted by atomic mass is 32.1. The van der Waals surface area contributed by atoms with Gasteiger partial charge >= 0.3 is 0 Å². The largest absolute Gasteiger partial charge is 0.366 e. The van der Waals surface area contributed by atoms with E-state index in [1.54, 1.807) is 0 Å². The fourth-order valence-corrected chi connectivity index (χ4v) is 3.49. The minimum Gasteiger partial charge on any atom is -0.366 e. The van der Waals surface area contributed by atoms with Crippen LogP contribution in [-0.4, -0.2) is 13.1 Å². The molecule has 0 fully saturated rings. The second-order valence-electron chi connectivity index (χ2n) is 4.79. The molecular formula is C15H18N2S. The molecule has 1 atom stereocenters. The smallest absolute Gasteiger partial charge is 0.0523 e. The highest BCUT2D eigenvalue weighted by molar-refractivity contribution is 7.09. The molecule has 18 heavy (non-hydrogen) atoms. The molecule has 1 aromatic heterocycles. The van der Waals surface area contributed by atoms with Crippen molar-refractivity contribution in [3.05, 3.63) is 52.2 Å². The zero-order chi connectivity index (χ0) is 12.4. The van der Waals surface area contributed by atoms with E-state index in [9.17, 15) is 0 Å². The van der Waals surface area contributed by atoms with Crippen molar-refractivity contribution in [2.24, 2.45) is 5.73 Å². The molecule has 1 aromatic carbocycles. The van der Waals surface area contributed by atoms with Crippen LogP contribution in [0.3, 0.4) is 0 Å². The van der Waals surface area contributed by atoms with Gasteiger partial charge in [0.15, 0.2) is 0 Å². The molecule has 0 bridgehead atoms. The van der Waals surface area contributed by atoms with Crippen LogP contribution in [0.4, 0.5) is 5.69 Å². The van der Waals surface area contributed by atoms with Gasteiger partial charge in [-0.15, -0.1) is 11.3 Å². The Morgan fingerprint density at radius 2 is 2.11 bits per heavy atom. The molecule has 0 saturated heterocycles. The number of fused-ring (bicyclic) bond motifs is 1. The molecule has 0 spiro atoms. The van der Waals surface area contributed by atoms with Crippen molar-refractivity contribution in [3.63, 3.8) is 0 Å². The summed E-state index contributed by atoms with van der Waals surface area (Å²) in [6.07, 6.45) is 1.08. The van der Waals surface area contributed by atoms with Crippen LogP contribution in [0, 0.1) is 0 Å². The summed E-state index contributed by atoms with van der Waals surface area (Å²) in [6, 6.07) is 13.1. The SMILES string of the molecule is NCCC1CN(Cc2cccs2)c2ccccc21. The van der Waals surface area contributed by atoms with Crippen molar-refractivity contribution in [2.75, 3.05) is 18.0 Å². The van der Waals surface area contributed by atoms with Gasteiger partial charge in [0.1, 0.15) is 0 Å². The van der Waals surface area contributed by atoms with Gasteiger partial charge < -0.3 is 10.6 Å². The van der Waals surface area contributed by atoms with E-state index < -0.39 is 0 Å². The Labute approximate surface area is 112 Å². The summed E-state index contributed by atoms with van der Waals surface area (Å²) in [4.78, 5) is 3.92. The maximum atomic E-state index is 5.73. The van der Waals surface area contributed by atoms with Crippen LogP contribution in [0.25, 0.3) is 0 Å². The van der Waals surface area contributed by atoms with E-state index in [1.165, 1.54) is 16.1 Å². The summed E-state index contributed by atoms with van der Waals surface area (Å²) >= 11 is 1.83. The lowest BCUT2D eigenvalue weighted by atomic mass is 9.98. The van der Waals surface area contributed by atoms with E-state index in [4.69, 9.17) is 5.73 Å². The van der Waals surface area contributed by atoms with Crippen LogP contribution in [-0.2, 0) is 6.54 Å². The Bertz CT molecular complexity index is 507. The van der Waals surface area contributed by atoms with Gasteiger partial charge in [0, 0.05) is 23.0 Å². The van der Waals surface area contributed by atoms with Crippen LogP contribution in [0.15, 0.2) is 41.8 Å². The third kappa shape index (κ3) is 2.16. The summed E-state index contributed by atoms with van der Waals surface area (Å²) in [5.74, 6) is 0.603. The fourth-order valence-electron chi connectivity index (χ4n) is 2.77. The maximum absolute atomic E-state index is 5.73. The van der Waals surface area contributed by atoms with Crippen LogP contribution in [0.1, 0.15) is 22.8 Å². The number of benzene rings is 1. The molecular weight excluding hydrogens is 240 g/mol. The van der Waals surface area contributed by atoms with E-state index in [0.29, 0.717) is 5.92 Å². The minimum atomic E-state index is 0.603. The van der Waals surface area contributed by atoms with Gasteiger partial charge in [0.25, 0.3) is 0 Å². The first-order chi connectivity index (χ1) is 8.88. The summed E-state index contributed by atoms with van der Waals surface area (Å²) in [7, 11) is 0. The quantitative estimate of drug-likeness (QED) is 0.912. The first-order valence-corrected chi connectivity index (χ1v) is 7.33. The highest BCUT2D eigenvalue weighted by Crippen LogP contribution is 2.38. The Balaban J connectivity index is 1.85. The first kappa shape index (κ1) is 11.8. The zero-order valence-electron chi connectivity index (χ0n) is 10.4. The molecule has 2 N–H and O–H groups in total. The van der Waals surface area contributed by atoms with E-state index in [1.807, 2.05) is 11.3 Å². The topological polar surface area (TPSA) is 29.3 Å². The first-order valence-electron chi connectivity index (χ1n) is 6.45. The molecule has 0 aliphatic carbocycles. The molecule has 3 rings (SSSR count). The van der Waals surface area contributed by atoms with Gasteiger partial charge in [-0.3, -0.25) is 0 Å². The number of nitrogens with zero attached hydrogens (tertiary/aromatic N) is 1. The lowest BCUT2D eigenvalue weighted by Gasteiger charge is -2.19. The molecule has 0 radical (unpaired) electrons. The van der Waals surface area contributed by atoms with E-state index in [2.05, 4.69) is 46.7 Å². The van der Waals surface area contributed by atoms with Crippen molar-refractivity contribution >= 4 is 17.0 Å². The van der Waals surface area contributed by atoms with Crippen molar-refractivity contribution in [1.29, 1.82) is 0 Å². The second-order valence-corrected chi connectivity index (χ2v) is 5.83. The molecule has 3 heteroatoms. The second kappa shape index (κ2) is 5.12. The Morgan fingerprint density at radius 1 is 1.22 bits per heavy atom. The predicted octanol–water partition coefficient (Wildman–Crippen LogP) is 3.20. The number of nitrogens with two attached hydrogens (primary N) is 1. The molecule has 1 aliphatic heterocycles. The Kier molecular flexibility index (Phi) is 3.35. The van der Waals surface area contributed by atoms with E-state index >= 15 is 0 Å². The van der Waals surface area contributed by atoms with Crippen molar-refractivity contribution in [3.8, 4) is 0 Å². The molecule has 2 nitrogen and oxygen atoms in total. The Morgan fingerprint density at radius 3 is 2.89 bits per heavy atom. The summed E-state index contributed by atoms with van der Waals surface area (Å²) < 4.78 is 0. The molecule has 0 saturated carbocycles. The molecule has 2 aromatic rings. The van der Waals surface area contributed by atoms with Crippen LogP contribution in [0.5, 0.6) is 0 Å². The van der Waals surface area contributed by atoms with E-state index in [-0.39, 0.29) is 0 Å². The van der Waals surface area contributed by atoms with Gasteiger partial charge in [-0.2, -0.15) is 0 Å². The molecule has 1 unspecified atom stereocenters. The lowest BCUT2D eigenvalue weighted by Crippen LogP contribution is -2.21. The number of rotatable bonds is 4. The number of hydrogen-bond acceptors (Lipinski definition) is 3. The zero-order valence-corrected chi connectivity index (χ0v) is 11.2. The van der Waals surface area contributed by atoms with Crippen molar-refractivity contribution in [1.82, 2.24) is 0 Å². The number of hydrogen-bond donors (Lipinski definition) is 1. The van der Waals surface area contributed by atoms with Crippen molar-refractivity contribution in [2.45, 2.75) is 18.9 Å². The Hall–Kier alpha value is -1.32. The summed E-state index contributed by atoms with van der Waals surface area (Å²) in [5.41, 5.74) is 8.60. The fraction of sp³-hybridized carbons (Fsp3) is 0.333. The average molecular weight is 258 g/mol. The minimum absolute atomic E-state index is 0.603. The number of para-hydroxylation sites is 1. The van der Waals surface area contributed by atoms with Crippen LogP contribution < -0.4 is 10.6 Å². The van der Waals surface area contributed by atoms with Crippen LogP contribution in [0.2, 0.25) is 0 Å². The number of thiophene rings is 1. The molecule has 94 valence electrons. The number of anilines is 1. The van der Waals surface area contributed by atoms with Crippen molar-refractivity contribution < 1.29 is 0 Å². The highest BCUT2D eigenvalue weighted by Gasteiger charge is 2.27.